The topological polar surface area (TPSA) is 160 Å². The number of fused-ring (bicyclic) bond motifs is 2. The van der Waals surface area contributed by atoms with E-state index in [4.69, 9.17) is 23.9 Å². The van der Waals surface area contributed by atoms with Crippen LogP contribution in [0.4, 0.5) is 30.6 Å². The lowest BCUT2D eigenvalue weighted by Crippen LogP contribution is -2.59. The fourth-order valence-electron chi connectivity index (χ4n) is 4.65. The van der Waals surface area contributed by atoms with Crippen molar-refractivity contribution in [3.05, 3.63) is 60.2 Å². The predicted molar refractivity (Wildman–Crippen MR) is 172 cm³/mol. The fourth-order valence-corrected chi connectivity index (χ4v) is 5.46. The number of ether oxygens (including phenoxy) is 4. The normalized spacial score (nSPS) is 17.0. The highest BCUT2D eigenvalue weighted by Gasteiger charge is 2.66. The molecule has 1 unspecified atom stereocenters. The molecule has 1 atom stereocenters. The van der Waals surface area contributed by atoms with Gasteiger partial charge in [0.1, 0.15) is 0 Å². The maximum absolute atomic E-state index is 14.8. The molecule has 4 rings (SSSR count). The zero-order valence-electron chi connectivity index (χ0n) is 27.3. The molecule has 2 aromatic rings. The molecule has 16 heteroatoms. The second-order valence-electron chi connectivity index (χ2n) is 11.4. The number of carbonyl (C=O) groups excluding carboxylic acids is 5. The zero-order chi connectivity index (χ0) is 34.6. The van der Waals surface area contributed by atoms with E-state index in [-0.39, 0.29) is 5.56 Å². The molecular formula is C31H38N6O9S. The summed E-state index contributed by atoms with van der Waals surface area (Å²) in [4.78, 5) is 74.6. The number of aliphatic imine (C=N–C) groups is 1. The smallest absolute Gasteiger partial charge is 0.440 e. The summed E-state index contributed by atoms with van der Waals surface area (Å²) in [5, 5.41) is 1.08. The Kier molecular flexibility index (Phi) is 10.5. The molecule has 2 aliphatic rings. The number of para-hydroxylation sites is 2. The van der Waals surface area contributed by atoms with E-state index in [1.165, 1.54) is 4.90 Å². The van der Waals surface area contributed by atoms with Crippen molar-refractivity contribution in [2.75, 3.05) is 4.90 Å². The molecule has 0 saturated heterocycles. The Morgan fingerprint density at radius 3 is 1.91 bits per heavy atom. The number of carbonyl (C=O) groups is 5. The van der Waals surface area contributed by atoms with Crippen molar-refractivity contribution in [1.82, 2.24) is 19.9 Å². The van der Waals surface area contributed by atoms with Crippen LogP contribution in [0.25, 0.3) is 0 Å². The number of benzene rings is 2. The van der Waals surface area contributed by atoms with Crippen molar-refractivity contribution in [2.24, 2.45) is 4.99 Å². The first-order chi connectivity index (χ1) is 22.2. The fraction of sp³-hybridized carbons (Fsp3) is 0.419. The van der Waals surface area contributed by atoms with Gasteiger partial charge in [-0.3, -0.25) is 9.69 Å². The minimum absolute atomic E-state index is 0.232. The van der Waals surface area contributed by atoms with Crippen LogP contribution >= 0.6 is 11.9 Å². The van der Waals surface area contributed by atoms with Gasteiger partial charge in [-0.15, -0.1) is 4.41 Å². The molecule has 0 saturated carbocycles. The summed E-state index contributed by atoms with van der Waals surface area (Å²) in [6, 6.07) is 15.3. The Balaban J connectivity index is 1.96. The zero-order valence-corrected chi connectivity index (χ0v) is 28.1. The van der Waals surface area contributed by atoms with Gasteiger partial charge in [0.05, 0.1) is 42.1 Å². The van der Waals surface area contributed by atoms with Crippen LogP contribution in [-0.2, 0) is 29.4 Å². The summed E-state index contributed by atoms with van der Waals surface area (Å²) in [7, 11) is 0. The Morgan fingerprint density at radius 1 is 0.766 bits per heavy atom. The van der Waals surface area contributed by atoms with Crippen molar-refractivity contribution in [2.45, 2.75) is 85.5 Å². The number of rotatable bonds is 5. The lowest BCUT2D eigenvalue weighted by atomic mass is 10.0. The molecule has 2 aromatic carbocycles. The van der Waals surface area contributed by atoms with Gasteiger partial charge in [0, 0.05) is 11.3 Å². The summed E-state index contributed by atoms with van der Waals surface area (Å²) in [6.45, 7) is 12.8. The molecule has 1 N–H and O–H groups in total. The second kappa shape index (κ2) is 14.2. The molecular weight excluding hydrogens is 632 g/mol. The van der Waals surface area contributed by atoms with E-state index < -0.39 is 65.5 Å². The van der Waals surface area contributed by atoms with Gasteiger partial charge < -0.3 is 18.9 Å². The number of nitrogens with one attached hydrogen (secondary N) is 1. The van der Waals surface area contributed by atoms with Crippen LogP contribution in [0.2, 0.25) is 0 Å². The van der Waals surface area contributed by atoms with Crippen LogP contribution < -0.4 is 10.3 Å². The Labute approximate surface area is 276 Å². The van der Waals surface area contributed by atoms with Gasteiger partial charge in [-0.1, -0.05) is 36.4 Å². The van der Waals surface area contributed by atoms with Gasteiger partial charge >= 0.3 is 24.4 Å². The van der Waals surface area contributed by atoms with Crippen molar-refractivity contribution >= 4 is 58.8 Å². The SMILES string of the molecule is CC(C)OC(=O)NN(SC1=NC2(C(=O)N(c3ccccc3)c3ccccc32)N(C(=O)OC(C)C)N1C(=O)OC(C)C)C(=O)OC(C)C. The van der Waals surface area contributed by atoms with E-state index in [1.54, 1.807) is 110 Å². The molecule has 2 aliphatic heterocycles. The minimum atomic E-state index is -2.25. The summed E-state index contributed by atoms with van der Waals surface area (Å²) in [5.41, 5.74) is 1.10. The summed E-state index contributed by atoms with van der Waals surface area (Å²) in [5.74, 6) is -0.730. The van der Waals surface area contributed by atoms with E-state index in [0.29, 0.717) is 32.7 Å². The van der Waals surface area contributed by atoms with Crippen molar-refractivity contribution in [1.29, 1.82) is 0 Å². The van der Waals surface area contributed by atoms with Crippen molar-refractivity contribution in [3.8, 4) is 0 Å². The number of hydrogen-bond donors (Lipinski definition) is 1. The Bertz CT molecular complexity index is 1550. The van der Waals surface area contributed by atoms with Gasteiger partial charge in [-0.2, -0.15) is 10.0 Å². The second-order valence-corrected chi connectivity index (χ2v) is 12.3. The first-order valence-corrected chi connectivity index (χ1v) is 15.7. The molecule has 252 valence electrons. The third-order valence-electron chi connectivity index (χ3n) is 6.21. The maximum Gasteiger partial charge on any atom is 0.440 e. The van der Waals surface area contributed by atoms with E-state index >= 15 is 0 Å². The van der Waals surface area contributed by atoms with Crippen LogP contribution in [0, 0.1) is 0 Å². The third-order valence-corrected chi connectivity index (χ3v) is 7.06. The first-order valence-electron chi connectivity index (χ1n) is 14.9. The standard InChI is InChI=1S/C31H38N6O9S/c1-18(2)43-27(39)33-37(30(42)46-21(7)8)47-26-32-31(36(29(41)45-20(5)6)35(26)28(40)44-19(3)4)23-16-12-13-17-24(23)34(25(31)38)22-14-10-9-11-15-22/h9-21H,1-8H3,(H,33,39). The van der Waals surface area contributed by atoms with Crippen molar-refractivity contribution in [3.63, 3.8) is 0 Å². The number of nitrogens with zero attached hydrogens (tertiary/aromatic N) is 5. The van der Waals surface area contributed by atoms with Crippen LogP contribution in [-0.4, -0.2) is 74.3 Å². The average Bonchev–Trinajstić information content (AvgIpc) is 3.44. The molecule has 0 aliphatic carbocycles. The number of amides is 5. The van der Waals surface area contributed by atoms with Gasteiger partial charge in [0.25, 0.3) is 11.6 Å². The highest BCUT2D eigenvalue weighted by atomic mass is 32.2. The molecule has 0 aromatic heterocycles. The molecule has 0 fully saturated rings. The largest absolute Gasteiger partial charge is 0.446 e. The molecule has 0 bridgehead atoms. The third kappa shape index (κ3) is 7.21. The van der Waals surface area contributed by atoms with E-state index in [9.17, 15) is 24.0 Å². The molecule has 5 amide bonds. The maximum atomic E-state index is 14.8. The highest BCUT2D eigenvalue weighted by molar-refractivity contribution is 8.12. The first kappa shape index (κ1) is 34.9. The molecule has 0 radical (unpaired) electrons. The van der Waals surface area contributed by atoms with E-state index in [1.807, 2.05) is 0 Å². The van der Waals surface area contributed by atoms with Crippen LogP contribution in [0.15, 0.2) is 59.6 Å². The molecule has 2 heterocycles. The predicted octanol–water partition coefficient (Wildman–Crippen LogP) is 6.04. The summed E-state index contributed by atoms with van der Waals surface area (Å²) in [6.07, 6.45) is -6.84. The lowest BCUT2D eigenvalue weighted by molar-refractivity contribution is -0.133. The quantitative estimate of drug-likeness (QED) is 0.226. The van der Waals surface area contributed by atoms with Gasteiger partial charge in [-0.05, 0) is 73.6 Å². The Hall–Kier alpha value is -4.99. The number of hydrazine groups is 2. The average molecular weight is 671 g/mol. The minimum Gasteiger partial charge on any atom is -0.446 e. The molecule has 47 heavy (non-hydrogen) atoms. The van der Waals surface area contributed by atoms with Crippen LogP contribution in [0.5, 0.6) is 0 Å². The van der Waals surface area contributed by atoms with Gasteiger partial charge in [0.15, 0.2) is 0 Å². The molecule has 15 nitrogen and oxygen atoms in total. The summed E-state index contributed by atoms with van der Waals surface area (Å²) < 4.78 is 22.2. The van der Waals surface area contributed by atoms with Gasteiger partial charge in [-0.25, -0.2) is 29.6 Å². The van der Waals surface area contributed by atoms with E-state index in [0.717, 1.165) is 5.01 Å². The van der Waals surface area contributed by atoms with E-state index in [2.05, 4.69) is 5.43 Å². The van der Waals surface area contributed by atoms with Crippen LogP contribution in [0.1, 0.15) is 61.0 Å². The van der Waals surface area contributed by atoms with Gasteiger partial charge in [0.2, 0.25) is 5.17 Å². The Morgan fingerprint density at radius 2 is 1.32 bits per heavy atom. The monoisotopic (exact) mass is 670 g/mol. The summed E-state index contributed by atoms with van der Waals surface area (Å²) >= 11 is 0.398. The highest BCUT2D eigenvalue weighted by Crippen LogP contribution is 2.52. The molecule has 1 spiro atoms. The van der Waals surface area contributed by atoms with Crippen LogP contribution in [0.3, 0.4) is 0 Å². The lowest BCUT2D eigenvalue weighted by Gasteiger charge is -2.35. The number of hydrogen-bond acceptors (Lipinski definition) is 11. The number of anilines is 2. The number of amidine groups is 1. The van der Waals surface area contributed by atoms with Crippen molar-refractivity contribution < 1.29 is 42.9 Å².